The number of hydrogen-bond donors (Lipinski definition) is 18. The second-order valence-electron chi connectivity index (χ2n) is 16.9. The molecule has 22 rings (SSSR count). The van der Waals surface area contributed by atoms with Gasteiger partial charge in [0.15, 0.2) is 37.7 Å². The molecule has 0 aromatic carbocycles. The molecule has 12 bridgehead atoms. The van der Waals surface area contributed by atoms with Crippen LogP contribution in [0.3, 0.4) is 0 Å². The molecule has 0 radical (unpaired) electrons. The predicted molar refractivity (Wildman–Crippen MR) is 198 cm³/mol. The lowest BCUT2D eigenvalue weighted by molar-refractivity contribution is -0.401. The Morgan fingerprint density at radius 2 is 0.394 bits per heavy atom. The molecule has 66 heavy (non-hydrogen) atoms. The van der Waals surface area contributed by atoms with Crippen molar-refractivity contribution in [3.8, 4) is 0 Å². The van der Waals surface area contributed by atoms with Gasteiger partial charge in [-0.15, -0.1) is 0 Å². The predicted octanol–water partition coefficient (Wildman–Crippen LogP) is -13.1. The van der Waals surface area contributed by atoms with E-state index >= 15 is 0 Å². The summed E-state index contributed by atoms with van der Waals surface area (Å²) < 4.78 is 68.3. The lowest BCUT2D eigenvalue weighted by Gasteiger charge is -2.50. The topological polar surface area (TPSA) is 481 Å². The Labute approximate surface area is 373 Å². The standard InChI is InChI=1S/C36H61NO29/c37-13-14(44)31-55-7(1-38)25(13)61-32-20(50)15(45)27(9(3-40)56-32)63-34-22(52)17(47)29(11(5-42)58-34)65-36-24(54)19(49)30(12(6-43)60-36)66-35-23(53)18(48)28(10(4-41)59-35)64-33-21(51)16(46)26(62-31)8(2-39)57-33/h7-36,38-54H,1-6,37H2. The molecule has 0 aromatic heterocycles. The first-order chi connectivity index (χ1) is 31.4. The number of hydrogen-bond acceptors (Lipinski definition) is 30. The van der Waals surface area contributed by atoms with E-state index in [1.807, 2.05) is 0 Å². The first kappa shape index (κ1) is 52.6. The van der Waals surface area contributed by atoms with E-state index < -0.39 is 224 Å². The van der Waals surface area contributed by atoms with Gasteiger partial charge in [-0.2, -0.15) is 0 Å². The molecule has 0 amide bonds. The third-order valence-corrected chi connectivity index (χ3v) is 12.8. The summed E-state index contributed by atoms with van der Waals surface area (Å²) >= 11 is 0. The summed E-state index contributed by atoms with van der Waals surface area (Å²) in [5.74, 6) is 0. The smallest absolute Gasteiger partial charge is 0.187 e. The molecular weight excluding hydrogens is 910 g/mol. The number of rotatable bonds is 6. The molecule has 30 heteroatoms. The fraction of sp³-hybridized carbons (Fsp3) is 1.00. The molecule has 19 N–H and O–H groups in total. The zero-order chi connectivity index (χ0) is 48.0. The summed E-state index contributed by atoms with van der Waals surface area (Å²) in [4.78, 5) is 0. The summed E-state index contributed by atoms with van der Waals surface area (Å²) in [5, 5.41) is 185. The number of nitrogens with two attached hydrogens (primary N) is 1. The second-order valence-corrected chi connectivity index (χ2v) is 16.9. The van der Waals surface area contributed by atoms with Gasteiger partial charge in [0.25, 0.3) is 0 Å². The Morgan fingerprint density at radius 1 is 0.227 bits per heavy atom. The normalized spacial score (nSPS) is 55.4. The number of aliphatic hydroxyl groups excluding tert-OH is 17. The minimum Gasteiger partial charge on any atom is -0.394 e. The largest absolute Gasteiger partial charge is 0.394 e. The van der Waals surface area contributed by atoms with Gasteiger partial charge in [0.05, 0.1) is 45.7 Å². The van der Waals surface area contributed by atoms with Gasteiger partial charge in [-0.1, -0.05) is 0 Å². The van der Waals surface area contributed by atoms with Crippen LogP contribution >= 0.6 is 0 Å². The van der Waals surface area contributed by atoms with Crippen molar-refractivity contribution >= 4 is 0 Å². The quantitative estimate of drug-likeness (QED) is 0.117. The number of aliphatic hydroxyl groups is 17. The monoisotopic (exact) mass is 971 g/mol. The van der Waals surface area contributed by atoms with Crippen molar-refractivity contribution in [2.75, 3.05) is 39.6 Å². The van der Waals surface area contributed by atoms with Crippen LogP contribution in [-0.2, 0) is 56.8 Å². The van der Waals surface area contributed by atoms with Crippen LogP contribution in [0.4, 0.5) is 0 Å². The van der Waals surface area contributed by atoms with E-state index in [9.17, 15) is 86.8 Å². The Morgan fingerprint density at radius 3 is 0.591 bits per heavy atom. The SMILES string of the molecule is NC1C(O)C2OC(CO)C1OC1OC(CO)C(OC3OC(CO)C(OC4OC(CO)C(OC5OC(CO)C(OC6OC(CO)C(O2)C(O)C6O)C(O)C5O)C(O)C4O)C(O)C3O)C(O)C1O. The summed E-state index contributed by atoms with van der Waals surface area (Å²) in [5.41, 5.74) is 6.31. The van der Waals surface area contributed by atoms with Crippen LogP contribution in [0.2, 0.25) is 0 Å². The fourth-order valence-corrected chi connectivity index (χ4v) is 8.99. The van der Waals surface area contributed by atoms with Crippen molar-refractivity contribution in [3.05, 3.63) is 0 Å². The van der Waals surface area contributed by atoms with Crippen LogP contribution in [0.25, 0.3) is 0 Å². The summed E-state index contributed by atoms with van der Waals surface area (Å²) in [6, 6.07) is -1.61. The molecule has 22 saturated heterocycles. The van der Waals surface area contributed by atoms with Crippen molar-refractivity contribution in [1.82, 2.24) is 0 Å². The molecule has 0 spiro atoms. The van der Waals surface area contributed by atoms with Crippen molar-refractivity contribution in [2.24, 2.45) is 5.73 Å². The molecule has 30 nitrogen and oxygen atoms in total. The van der Waals surface area contributed by atoms with Crippen molar-refractivity contribution in [3.63, 3.8) is 0 Å². The second kappa shape index (κ2) is 22.1. The molecule has 22 aliphatic rings. The highest BCUT2D eigenvalue weighted by molar-refractivity contribution is 5.01. The van der Waals surface area contributed by atoms with Crippen LogP contribution in [0.15, 0.2) is 0 Å². The zero-order valence-electron chi connectivity index (χ0n) is 34.6. The van der Waals surface area contributed by atoms with Gasteiger partial charge in [0, 0.05) is 0 Å². The van der Waals surface area contributed by atoms with Gasteiger partial charge >= 0.3 is 0 Å². The molecule has 30 atom stereocenters. The molecule has 0 saturated carbocycles. The van der Waals surface area contributed by atoms with E-state index in [0.29, 0.717) is 0 Å². The minimum atomic E-state index is -2.14. The van der Waals surface area contributed by atoms with Crippen LogP contribution in [0, 0.1) is 0 Å². The maximum Gasteiger partial charge on any atom is 0.187 e. The van der Waals surface area contributed by atoms with E-state index in [1.54, 1.807) is 0 Å². The van der Waals surface area contributed by atoms with Crippen LogP contribution in [-0.4, -0.2) is 311 Å². The van der Waals surface area contributed by atoms with Crippen molar-refractivity contribution in [2.45, 2.75) is 184 Å². The van der Waals surface area contributed by atoms with E-state index in [4.69, 9.17) is 62.6 Å². The van der Waals surface area contributed by atoms with Gasteiger partial charge in [0.1, 0.15) is 140 Å². The number of ether oxygens (including phenoxy) is 12. The molecule has 30 unspecified atom stereocenters. The summed E-state index contributed by atoms with van der Waals surface area (Å²) in [7, 11) is 0. The van der Waals surface area contributed by atoms with E-state index in [-0.39, 0.29) is 0 Å². The van der Waals surface area contributed by atoms with Crippen molar-refractivity contribution < 1.29 is 144 Å². The highest BCUT2D eigenvalue weighted by atomic mass is 16.8. The molecule has 384 valence electrons. The lowest BCUT2D eigenvalue weighted by atomic mass is 9.94. The Balaban J connectivity index is 1.19. The van der Waals surface area contributed by atoms with E-state index in [0.717, 1.165) is 0 Å². The first-order valence-electron chi connectivity index (χ1n) is 21.2. The molecule has 22 heterocycles. The third kappa shape index (κ3) is 10.0. The van der Waals surface area contributed by atoms with Crippen LogP contribution < -0.4 is 5.73 Å². The Bertz CT molecular complexity index is 1240. The third-order valence-electron chi connectivity index (χ3n) is 12.8. The van der Waals surface area contributed by atoms with Crippen LogP contribution in [0.5, 0.6) is 0 Å². The molecule has 22 fully saturated rings. The fourth-order valence-electron chi connectivity index (χ4n) is 8.99. The van der Waals surface area contributed by atoms with Crippen molar-refractivity contribution in [1.29, 1.82) is 0 Å². The van der Waals surface area contributed by atoms with Gasteiger partial charge in [-0.25, -0.2) is 0 Å². The highest BCUT2D eigenvalue weighted by Gasteiger charge is 2.58. The zero-order valence-corrected chi connectivity index (χ0v) is 34.6. The maximum atomic E-state index is 11.3. The average molecular weight is 972 g/mol. The molecule has 0 aromatic rings. The minimum absolute atomic E-state index is 0.919. The Kier molecular flexibility index (Phi) is 17.6. The van der Waals surface area contributed by atoms with Gasteiger partial charge < -0.3 is 149 Å². The highest BCUT2D eigenvalue weighted by Crippen LogP contribution is 2.37. The Hall–Kier alpha value is -1.20. The van der Waals surface area contributed by atoms with Gasteiger partial charge in [0.2, 0.25) is 0 Å². The lowest BCUT2D eigenvalue weighted by Crippen LogP contribution is -2.69. The van der Waals surface area contributed by atoms with Crippen LogP contribution in [0.1, 0.15) is 0 Å². The first-order valence-corrected chi connectivity index (χ1v) is 21.2. The summed E-state index contributed by atoms with van der Waals surface area (Å²) in [6.45, 7) is -5.82. The van der Waals surface area contributed by atoms with E-state index in [1.165, 1.54) is 0 Å². The summed E-state index contributed by atoms with van der Waals surface area (Å²) in [6.07, 6.45) is -55.1. The van der Waals surface area contributed by atoms with Gasteiger partial charge in [-0.05, 0) is 0 Å². The molecular formula is C36H61NO29. The molecule has 0 aliphatic carbocycles. The average Bonchev–Trinajstić information content (AvgIpc) is 3.31. The van der Waals surface area contributed by atoms with Gasteiger partial charge in [-0.3, -0.25) is 0 Å². The molecule has 22 aliphatic heterocycles. The van der Waals surface area contributed by atoms with E-state index in [2.05, 4.69) is 0 Å². The maximum absolute atomic E-state index is 11.3.